The van der Waals surface area contributed by atoms with Crippen LogP contribution in [0.25, 0.3) is 5.70 Å². The molecule has 0 aromatic heterocycles. The van der Waals surface area contributed by atoms with Crippen LogP contribution in [0.1, 0.15) is 70.8 Å². The van der Waals surface area contributed by atoms with Crippen molar-refractivity contribution < 1.29 is 19.1 Å². The zero-order valence-corrected chi connectivity index (χ0v) is 20.9. The van der Waals surface area contributed by atoms with E-state index >= 15 is 0 Å². The smallest absolute Gasteiger partial charge is 0.298 e. The number of ether oxygens (including phenoxy) is 2. The van der Waals surface area contributed by atoms with E-state index in [9.17, 15) is 9.59 Å². The molecule has 184 valence electrons. The number of nitrogens with zero attached hydrogens (tertiary/aromatic N) is 1. The highest BCUT2D eigenvalue weighted by Crippen LogP contribution is 2.35. The quantitative estimate of drug-likeness (QED) is 0.231. The number of amides is 1. The van der Waals surface area contributed by atoms with Gasteiger partial charge >= 0.3 is 0 Å². The molecule has 2 aromatic rings. The Hall–Kier alpha value is -3.28. The maximum atomic E-state index is 12.6. The second kappa shape index (κ2) is 14.8. The number of rotatable bonds is 15. The highest BCUT2D eigenvalue weighted by molar-refractivity contribution is 5.93. The highest BCUT2D eigenvalue weighted by atomic mass is 16.5. The fourth-order valence-corrected chi connectivity index (χ4v) is 3.96. The summed E-state index contributed by atoms with van der Waals surface area (Å²) >= 11 is 0. The summed E-state index contributed by atoms with van der Waals surface area (Å²) in [6, 6.07) is 13.0. The summed E-state index contributed by atoms with van der Waals surface area (Å²) in [4.78, 5) is 25.5. The molecular weight excluding hydrogens is 428 g/mol. The third-order valence-electron chi connectivity index (χ3n) is 5.82. The van der Waals surface area contributed by atoms with Gasteiger partial charge in [0.1, 0.15) is 11.5 Å². The van der Waals surface area contributed by atoms with Crippen molar-refractivity contribution in [2.75, 3.05) is 24.4 Å². The van der Waals surface area contributed by atoms with Crippen LogP contribution in [0.4, 0.5) is 11.4 Å². The molecule has 6 nitrogen and oxygen atoms in total. The Morgan fingerprint density at radius 3 is 2.38 bits per heavy atom. The zero-order chi connectivity index (χ0) is 24.8. The SMILES string of the molecule is C/C=C(\c1ccccc1OC=O)N(C)c1ccc(OC)c(NC(=O)CCCCCCCCC)c1. The predicted molar refractivity (Wildman–Crippen MR) is 139 cm³/mol. The molecule has 1 amide bonds. The first-order valence-corrected chi connectivity index (χ1v) is 12.1. The molecule has 0 aliphatic rings. The van der Waals surface area contributed by atoms with Crippen LogP contribution < -0.4 is 19.7 Å². The lowest BCUT2D eigenvalue weighted by molar-refractivity contribution is -0.120. The molecule has 0 atom stereocenters. The van der Waals surface area contributed by atoms with Crippen molar-refractivity contribution in [3.63, 3.8) is 0 Å². The van der Waals surface area contributed by atoms with Crippen molar-refractivity contribution >= 4 is 29.5 Å². The van der Waals surface area contributed by atoms with Gasteiger partial charge in [0.25, 0.3) is 6.47 Å². The van der Waals surface area contributed by atoms with Gasteiger partial charge in [0.15, 0.2) is 0 Å². The van der Waals surface area contributed by atoms with Gasteiger partial charge in [-0.2, -0.15) is 0 Å². The van der Waals surface area contributed by atoms with Crippen molar-refractivity contribution in [2.24, 2.45) is 0 Å². The minimum Gasteiger partial charge on any atom is -0.495 e. The Balaban J connectivity index is 2.10. The van der Waals surface area contributed by atoms with Gasteiger partial charge in [0.05, 0.1) is 12.8 Å². The van der Waals surface area contributed by atoms with Gasteiger partial charge < -0.3 is 19.7 Å². The molecule has 0 saturated heterocycles. The number of carbonyl (C=O) groups is 2. The van der Waals surface area contributed by atoms with Gasteiger partial charge in [0, 0.05) is 30.4 Å². The first kappa shape index (κ1) is 27.0. The molecule has 1 N–H and O–H groups in total. The molecule has 2 rings (SSSR count). The molecule has 34 heavy (non-hydrogen) atoms. The largest absolute Gasteiger partial charge is 0.495 e. The topological polar surface area (TPSA) is 67.9 Å². The van der Waals surface area contributed by atoms with Gasteiger partial charge in [0.2, 0.25) is 5.91 Å². The summed E-state index contributed by atoms with van der Waals surface area (Å²) < 4.78 is 10.6. The van der Waals surface area contributed by atoms with Gasteiger partial charge in [-0.15, -0.1) is 0 Å². The number of anilines is 2. The van der Waals surface area contributed by atoms with E-state index in [1.165, 1.54) is 32.1 Å². The fourth-order valence-electron chi connectivity index (χ4n) is 3.96. The number of methoxy groups -OCH3 is 1. The van der Waals surface area contributed by atoms with Crippen LogP contribution in [0.3, 0.4) is 0 Å². The molecule has 0 aliphatic carbocycles. The van der Waals surface area contributed by atoms with E-state index in [1.807, 2.05) is 61.3 Å². The summed E-state index contributed by atoms with van der Waals surface area (Å²) in [7, 11) is 3.52. The molecule has 0 radical (unpaired) electrons. The van der Waals surface area contributed by atoms with E-state index in [0.29, 0.717) is 30.1 Å². The Bertz CT molecular complexity index is 955. The molecule has 0 fully saturated rings. The predicted octanol–water partition coefficient (Wildman–Crippen LogP) is 6.81. The van der Waals surface area contributed by atoms with Crippen molar-refractivity contribution in [3.05, 3.63) is 54.1 Å². The van der Waals surface area contributed by atoms with Crippen LogP contribution in [0.5, 0.6) is 11.5 Å². The molecule has 0 saturated carbocycles. The first-order chi connectivity index (χ1) is 16.5. The Labute approximate surface area is 203 Å². The molecule has 0 bridgehead atoms. The van der Waals surface area contributed by atoms with E-state index in [4.69, 9.17) is 9.47 Å². The summed E-state index contributed by atoms with van der Waals surface area (Å²) in [5.41, 5.74) is 3.15. The van der Waals surface area contributed by atoms with Crippen LogP contribution in [0.2, 0.25) is 0 Å². The Morgan fingerprint density at radius 2 is 1.71 bits per heavy atom. The van der Waals surface area contributed by atoms with E-state index in [1.54, 1.807) is 13.2 Å². The minimum atomic E-state index is -0.0114. The van der Waals surface area contributed by atoms with Crippen LogP contribution in [0.15, 0.2) is 48.5 Å². The average Bonchev–Trinajstić information content (AvgIpc) is 2.85. The third-order valence-corrected chi connectivity index (χ3v) is 5.82. The standard InChI is InChI=1S/C28H38N2O4/c1-5-7-8-9-10-11-12-17-28(32)29-24-20-22(18-19-27(24)33-4)30(3)25(6-2)23-15-13-14-16-26(23)34-21-31/h6,13-16,18-21H,5,7-12,17H2,1-4H3,(H,29,32)/b25-6+. The van der Waals surface area contributed by atoms with Gasteiger partial charge in [-0.1, -0.05) is 63.7 Å². The number of allylic oxidation sites excluding steroid dienone is 1. The number of hydrogen-bond acceptors (Lipinski definition) is 5. The van der Waals surface area contributed by atoms with Crippen LogP contribution in [0, 0.1) is 0 Å². The number of hydrogen-bond donors (Lipinski definition) is 1. The second-order valence-electron chi connectivity index (χ2n) is 8.25. The van der Waals surface area contributed by atoms with Gasteiger partial charge in [-0.25, -0.2) is 0 Å². The van der Waals surface area contributed by atoms with Crippen molar-refractivity contribution in [3.8, 4) is 11.5 Å². The molecule has 0 spiro atoms. The molecule has 0 heterocycles. The summed E-state index contributed by atoms with van der Waals surface area (Å²) in [6.45, 7) is 4.57. The van der Waals surface area contributed by atoms with Crippen molar-refractivity contribution in [1.82, 2.24) is 0 Å². The zero-order valence-electron chi connectivity index (χ0n) is 20.9. The van der Waals surface area contributed by atoms with Crippen LogP contribution in [-0.4, -0.2) is 26.5 Å². The van der Waals surface area contributed by atoms with Gasteiger partial charge in [-0.3, -0.25) is 9.59 Å². The summed E-state index contributed by atoms with van der Waals surface area (Å²) in [5.74, 6) is 1.08. The average molecular weight is 467 g/mol. The maximum absolute atomic E-state index is 12.6. The third kappa shape index (κ3) is 7.94. The first-order valence-electron chi connectivity index (χ1n) is 12.1. The Morgan fingerprint density at radius 1 is 1.00 bits per heavy atom. The van der Waals surface area contributed by atoms with Crippen LogP contribution in [-0.2, 0) is 9.59 Å². The highest BCUT2D eigenvalue weighted by Gasteiger charge is 2.16. The van der Waals surface area contributed by atoms with Crippen LogP contribution >= 0.6 is 0 Å². The summed E-state index contributed by atoms with van der Waals surface area (Å²) in [5, 5.41) is 3.02. The molecule has 2 aromatic carbocycles. The molecule has 0 unspecified atom stereocenters. The second-order valence-corrected chi connectivity index (χ2v) is 8.25. The maximum Gasteiger partial charge on any atom is 0.298 e. The fraction of sp³-hybridized carbons (Fsp3) is 0.429. The van der Waals surface area contributed by atoms with E-state index < -0.39 is 0 Å². The lowest BCUT2D eigenvalue weighted by atomic mass is 10.1. The number of unbranched alkanes of at least 4 members (excludes halogenated alkanes) is 6. The molecular formula is C28H38N2O4. The summed E-state index contributed by atoms with van der Waals surface area (Å²) in [6.07, 6.45) is 10.6. The van der Waals surface area contributed by atoms with Gasteiger partial charge in [-0.05, 0) is 43.7 Å². The number of nitrogens with one attached hydrogen (secondary N) is 1. The number of benzene rings is 2. The van der Waals surface area contributed by atoms with Crippen molar-refractivity contribution in [2.45, 2.75) is 65.2 Å². The minimum absolute atomic E-state index is 0.0114. The monoisotopic (exact) mass is 466 g/mol. The van der Waals surface area contributed by atoms with E-state index in [0.717, 1.165) is 29.8 Å². The Kier molecular flexibility index (Phi) is 11.7. The van der Waals surface area contributed by atoms with E-state index in [-0.39, 0.29) is 5.91 Å². The van der Waals surface area contributed by atoms with Crippen molar-refractivity contribution in [1.29, 1.82) is 0 Å². The lowest BCUT2D eigenvalue weighted by Crippen LogP contribution is -2.17. The molecule has 6 heteroatoms. The lowest BCUT2D eigenvalue weighted by Gasteiger charge is -2.25. The normalized spacial score (nSPS) is 11.1. The number of para-hydroxylation sites is 1. The molecule has 0 aliphatic heterocycles. The number of carbonyl (C=O) groups excluding carboxylic acids is 2. The van der Waals surface area contributed by atoms with E-state index in [2.05, 4.69) is 12.2 Å².